The van der Waals surface area contributed by atoms with Crippen LogP contribution in [0, 0.1) is 0 Å². The van der Waals surface area contributed by atoms with E-state index in [1.54, 1.807) is 12.1 Å². The van der Waals surface area contributed by atoms with Crippen molar-refractivity contribution < 1.29 is 31.5 Å². The summed E-state index contributed by atoms with van der Waals surface area (Å²) in [6.07, 6.45) is 1.09. The van der Waals surface area contributed by atoms with Crippen molar-refractivity contribution in [2.75, 3.05) is 17.2 Å². The first-order valence-corrected chi connectivity index (χ1v) is 11.2. The van der Waals surface area contributed by atoms with Crippen molar-refractivity contribution in [1.29, 1.82) is 0 Å². The lowest BCUT2D eigenvalue weighted by atomic mass is 9.96. The fourth-order valence-corrected chi connectivity index (χ4v) is 4.10. The van der Waals surface area contributed by atoms with Crippen LogP contribution in [0.4, 0.5) is 5.69 Å². The van der Waals surface area contributed by atoms with Gasteiger partial charge in [0.2, 0.25) is 5.91 Å². The van der Waals surface area contributed by atoms with Crippen LogP contribution in [0.25, 0.3) is 11.1 Å². The van der Waals surface area contributed by atoms with Gasteiger partial charge in [-0.25, -0.2) is 17.5 Å². The maximum absolute atomic E-state index is 12.3. The Morgan fingerprint density at radius 1 is 1.07 bits per heavy atom. The van der Waals surface area contributed by atoms with E-state index in [0.717, 1.165) is 13.2 Å². The topological polar surface area (TPSA) is 121 Å². The fourth-order valence-electron chi connectivity index (χ4n) is 2.96. The minimum absolute atomic E-state index is 0.0191. The zero-order valence-electron chi connectivity index (χ0n) is 15.4. The molecule has 1 aliphatic heterocycles. The molecule has 10 heteroatoms. The molecule has 1 unspecified atom stereocenters. The molecule has 0 aliphatic carbocycles. The van der Waals surface area contributed by atoms with Gasteiger partial charge in [0.25, 0.3) is 0 Å². The van der Waals surface area contributed by atoms with Crippen molar-refractivity contribution in [2.24, 2.45) is 0 Å². The summed E-state index contributed by atoms with van der Waals surface area (Å²) in [5.41, 5.74) is 2.16. The summed E-state index contributed by atoms with van der Waals surface area (Å²) in [6, 6.07) is 12.0. The number of cyclic esters (lactones) is 1. The predicted octanol–water partition coefficient (Wildman–Crippen LogP) is 1.70. The SMILES string of the molecule is CC(=O)N(c1ccc(C2=C(c3ccc(S(C)(=O)=O)cc3)C(=O)OC2)cc1)S(=O)[O-]. The molecule has 29 heavy (non-hydrogen) atoms. The van der Waals surface area contributed by atoms with E-state index >= 15 is 0 Å². The number of benzene rings is 2. The van der Waals surface area contributed by atoms with Gasteiger partial charge in [-0.2, -0.15) is 0 Å². The third-order valence-corrected chi connectivity index (χ3v) is 6.20. The van der Waals surface area contributed by atoms with Crippen molar-refractivity contribution in [3.63, 3.8) is 0 Å². The number of esters is 1. The van der Waals surface area contributed by atoms with E-state index in [2.05, 4.69) is 0 Å². The Bertz CT molecular complexity index is 1120. The Morgan fingerprint density at radius 2 is 1.62 bits per heavy atom. The molecule has 0 bridgehead atoms. The van der Waals surface area contributed by atoms with Crippen LogP contribution < -0.4 is 4.31 Å². The molecule has 0 radical (unpaired) electrons. The van der Waals surface area contributed by atoms with E-state index in [-0.39, 0.29) is 17.2 Å². The molecule has 0 fully saturated rings. The number of hydrogen-bond donors (Lipinski definition) is 0. The molecular formula is C19H16NO7S2-. The molecule has 2 aromatic carbocycles. The number of hydrogen-bond acceptors (Lipinski definition) is 7. The highest BCUT2D eigenvalue weighted by Crippen LogP contribution is 2.34. The molecule has 0 saturated heterocycles. The van der Waals surface area contributed by atoms with Gasteiger partial charge in [0, 0.05) is 18.8 Å². The number of rotatable bonds is 5. The fraction of sp³-hybridized carbons (Fsp3) is 0.158. The van der Waals surface area contributed by atoms with Gasteiger partial charge in [0.15, 0.2) is 9.84 Å². The molecule has 152 valence electrons. The normalized spacial score (nSPS) is 15.2. The van der Waals surface area contributed by atoms with Crippen LogP contribution in [0.3, 0.4) is 0 Å². The highest BCUT2D eigenvalue weighted by Gasteiger charge is 2.27. The molecule has 0 N–H and O–H groups in total. The molecule has 1 heterocycles. The molecule has 1 aliphatic rings. The van der Waals surface area contributed by atoms with Gasteiger partial charge in [0.1, 0.15) is 6.61 Å². The average molecular weight is 434 g/mol. The van der Waals surface area contributed by atoms with Gasteiger partial charge in [-0.05, 0) is 35.4 Å². The van der Waals surface area contributed by atoms with Gasteiger partial charge in [0.05, 0.1) is 27.4 Å². The lowest BCUT2D eigenvalue weighted by Gasteiger charge is -2.22. The summed E-state index contributed by atoms with van der Waals surface area (Å²) in [6.45, 7) is 1.15. The maximum Gasteiger partial charge on any atom is 0.339 e. The van der Waals surface area contributed by atoms with Crippen LogP contribution >= 0.6 is 0 Å². The molecular weight excluding hydrogens is 418 g/mol. The predicted molar refractivity (Wildman–Crippen MR) is 106 cm³/mol. The quantitative estimate of drug-likeness (QED) is 0.519. The summed E-state index contributed by atoms with van der Waals surface area (Å²) in [5.74, 6) is -1.20. The molecule has 0 spiro atoms. The number of anilines is 1. The lowest BCUT2D eigenvalue weighted by molar-refractivity contribution is -0.133. The van der Waals surface area contributed by atoms with Crippen molar-refractivity contribution in [3.05, 3.63) is 59.7 Å². The van der Waals surface area contributed by atoms with Crippen LogP contribution in [0.2, 0.25) is 0 Å². The van der Waals surface area contributed by atoms with E-state index in [9.17, 15) is 26.8 Å². The number of carbonyl (C=O) groups is 2. The Kier molecular flexibility index (Phi) is 5.69. The van der Waals surface area contributed by atoms with Crippen molar-refractivity contribution >= 4 is 49.8 Å². The number of ether oxygens (including phenoxy) is 1. The van der Waals surface area contributed by atoms with Crippen LogP contribution in [0.15, 0.2) is 53.4 Å². The van der Waals surface area contributed by atoms with Gasteiger partial charge in [-0.1, -0.05) is 24.3 Å². The van der Waals surface area contributed by atoms with Crippen LogP contribution in [0.1, 0.15) is 18.1 Å². The Hall–Kier alpha value is -2.82. The van der Waals surface area contributed by atoms with Crippen LogP contribution in [0.5, 0.6) is 0 Å². The average Bonchev–Trinajstić information content (AvgIpc) is 3.02. The van der Waals surface area contributed by atoms with Gasteiger partial charge >= 0.3 is 5.97 Å². The van der Waals surface area contributed by atoms with Crippen LogP contribution in [-0.2, 0) is 35.4 Å². The van der Waals surface area contributed by atoms with Crippen molar-refractivity contribution in [1.82, 2.24) is 0 Å². The minimum atomic E-state index is -3.36. The summed E-state index contributed by atoms with van der Waals surface area (Å²) < 4.78 is 51.5. The molecule has 2 aromatic rings. The second kappa shape index (κ2) is 7.90. The number of amides is 1. The standard InChI is InChI=1S/C19H17NO7S2/c1-12(21)20(28(23)24)15-7-3-13(4-8-15)17-11-27-19(22)18(17)14-5-9-16(10-6-14)29(2,25)26/h3-10H,11H2,1-2H3,(H,23,24)/p-1. The van der Waals surface area contributed by atoms with Crippen molar-refractivity contribution in [3.8, 4) is 0 Å². The molecule has 0 saturated carbocycles. The number of carbonyl (C=O) groups excluding carboxylic acids is 2. The maximum atomic E-state index is 12.3. The first-order chi connectivity index (χ1) is 13.6. The molecule has 1 amide bonds. The zero-order valence-corrected chi connectivity index (χ0v) is 17.1. The third-order valence-electron chi connectivity index (χ3n) is 4.31. The van der Waals surface area contributed by atoms with E-state index in [0.29, 0.717) is 26.6 Å². The zero-order chi connectivity index (χ0) is 21.3. The highest BCUT2D eigenvalue weighted by molar-refractivity contribution is 7.90. The summed E-state index contributed by atoms with van der Waals surface area (Å²) in [7, 11) is -3.36. The Labute approximate surface area is 170 Å². The smallest absolute Gasteiger partial charge is 0.339 e. The monoisotopic (exact) mass is 434 g/mol. The molecule has 3 rings (SSSR count). The minimum Gasteiger partial charge on any atom is -0.755 e. The second-order valence-corrected chi connectivity index (χ2v) is 9.12. The molecule has 1 atom stereocenters. The van der Waals surface area contributed by atoms with E-state index in [1.165, 1.54) is 36.4 Å². The second-order valence-electron chi connectivity index (χ2n) is 6.30. The van der Waals surface area contributed by atoms with E-state index < -0.39 is 33.0 Å². The lowest BCUT2D eigenvalue weighted by Crippen LogP contribution is -2.30. The highest BCUT2D eigenvalue weighted by atomic mass is 32.2. The van der Waals surface area contributed by atoms with Gasteiger partial charge in [-0.15, -0.1) is 0 Å². The first-order valence-electron chi connectivity index (χ1n) is 8.31. The van der Waals surface area contributed by atoms with Crippen LogP contribution in [-0.4, -0.2) is 41.9 Å². The number of sulfone groups is 1. The molecule has 8 nitrogen and oxygen atoms in total. The van der Waals surface area contributed by atoms with Crippen molar-refractivity contribution in [2.45, 2.75) is 11.8 Å². The summed E-state index contributed by atoms with van der Waals surface area (Å²) in [5, 5.41) is 0. The first kappa shape index (κ1) is 20.9. The van der Waals surface area contributed by atoms with Gasteiger partial charge in [-0.3, -0.25) is 9.00 Å². The van der Waals surface area contributed by atoms with E-state index in [4.69, 9.17) is 4.74 Å². The Morgan fingerprint density at radius 3 is 2.10 bits per heavy atom. The summed E-state index contributed by atoms with van der Waals surface area (Å²) in [4.78, 5) is 23.9. The van der Waals surface area contributed by atoms with E-state index in [1.807, 2.05) is 0 Å². The third kappa shape index (κ3) is 4.29. The summed E-state index contributed by atoms with van der Waals surface area (Å²) >= 11 is -2.75. The Balaban J connectivity index is 2.02. The number of nitrogens with zero attached hydrogens (tertiary/aromatic N) is 1. The largest absolute Gasteiger partial charge is 0.755 e. The van der Waals surface area contributed by atoms with Gasteiger partial charge < -0.3 is 9.29 Å². The molecule has 0 aromatic heterocycles.